The molecule has 4 nitrogen and oxygen atoms in total. The van der Waals surface area contributed by atoms with E-state index in [9.17, 15) is 0 Å². The summed E-state index contributed by atoms with van der Waals surface area (Å²) in [5.74, 6) is 1.58. The Balaban J connectivity index is 4.20. The lowest BCUT2D eigenvalue weighted by atomic mass is 10.2. The molecule has 0 bridgehead atoms. The zero-order chi connectivity index (χ0) is 10.4. The monoisotopic (exact) mass is 187 g/mol. The van der Waals surface area contributed by atoms with E-state index < -0.39 is 0 Å². The summed E-state index contributed by atoms with van der Waals surface area (Å²) in [4.78, 5) is 8.57. The van der Waals surface area contributed by atoms with Crippen LogP contribution in [0.4, 0.5) is 0 Å². The molecule has 0 amide bonds. The second kappa shape index (κ2) is 5.80. The van der Waals surface area contributed by atoms with Gasteiger partial charge in [0.15, 0.2) is 5.96 Å². The Bertz CT molecular complexity index is 153. The molecule has 0 rings (SSSR count). The van der Waals surface area contributed by atoms with Crippen molar-refractivity contribution in [3.05, 3.63) is 0 Å². The molecule has 0 spiro atoms. The van der Waals surface area contributed by atoms with Gasteiger partial charge in [0, 0.05) is 34.1 Å². The molecule has 0 saturated carbocycles. The van der Waals surface area contributed by atoms with Crippen molar-refractivity contribution in [2.75, 3.05) is 41.3 Å². The fourth-order valence-corrected chi connectivity index (χ4v) is 1.01. The Hall–Kier alpha value is -0.770. The first kappa shape index (κ1) is 12.2. The standard InChI is InChI=1S/C9H22N4/c1-8(6-10)7-11-9(12(2)3)13(4)5/h8H,6-7,10H2,1-5H3/p+1. The zero-order valence-corrected chi connectivity index (χ0v) is 9.54. The molecule has 0 radical (unpaired) electrons. The summed E-state index contributed by atoms with van der Waals surface area (Å²) in [6.45, 7) is 3.96. The summed E-state index contributed by atoms with van der Waals surface area (Å²) < 4.78 is 0. The number of aliphatic imine (C=N–C) groups is 1. The second-order valence-corrected chi connectivity index (χ2v) is 3.82. The van der Waals surface area contributed by atoms with E-state index in [-0.39, 0.29) is 0 Å². The molecule has 0 aromatic heterocycles. The van der Waals surface area contributed by atoms with Crippen LogP contribution < -0.4 is 5.73 Å². The average molecular weight is 187 g/mol. The highest BCUT2D eigenvalue weighted by Gasteiger charge is 2.05. The van der Waals surface area contributed by atoms with Gasteiger partial charge in [-0.25, -0.2) is 0 Å². The number of hydrogen-bond donors (Lipinski definition) is 1. The van der Waals surface area contributed by atoms with Gasteiger partial charge in [-0.2, -0.15) is 0 Å². The molecule has 0 aliphatic carbocycles. The van der Waals surface area contributed by atoms with Crippen molar-refractivity contribution in [2.45, 2.75) is 6.92 Å². The van der Waals surface area contributed by atoms with Crippen LogP contribution in [0, 0.1) is 5.92 Å². The molecular weight excluding hydrogens is 164 g/mol. The van der Waals surface area contributed by atoms with Crippen LogP contribution in [0.25, 0.3) is 0 Å². The minimum atomic E-state index is 0.565. The third kappa shape index (κ3) is 4.72. The van der Waals surface area contributed by atoms with Gasteiger partial charge in [0.05, 0.1) is 13.1 Å². The molecule has 0 aromatic carbocycles. The number of rotatable bonds is 3. The molecule has 13 heavy (non-hydrogen) atoms. The minimum Gasteiger partial charge on any atom is -0.357 e. The maximum atomic E-state index is 4.52. The van der Waals surface area contributed by atoms with Gasteiger partial charge in [-0.15, -0.1) is 0 Å². The molecule has 1 atom stereocenters. The predicted molar refractivity (Wildman–Crippen MR) is 56.6 cm³/mol. The van der Waals surface area contributed by atoms with Gasteiger partial charge in [0.1, 0.15) is 0 Å². The smallest absolute Gasteiger partial charge is 0.195 e. The lowest BCUT2D eigenvalue weighted by Crippen LogP contribution is -2.53. The van der Waals surface area contributed by atoms with Crippen molar-refractivity contribution in [1.29, 1.82) is 0 Å². The topological polar surface area (TPSA) is 46.5 Å². The van der Waals surface area contributed by atoms with E-state index in [1.54, 1.807) is 0 Å². The van der Waals surface area contributed by atoms with E-state index in [0.717, 1.165) is 19.0 Å². The van der Waals surface area contributed by atoms with Crippen LogP contribution in [0.2, 0.25) is 0 Å². The lowest BCUT2D eigenvalue weighted by molar-refractivity contribution is -0.377. The van der Waals surface area contributed by atoms with Crippen molar-refractivity contribution >= 4 is 5.96 Å². The van der Waals surface area contributed by atoms with Crippen LogP contribution in [0.1, 0.15) is 6.92 Å². The maximum absolute atomic E-state index is 4.52. The fourth-order valence-electron chi connectivity index (χ4n) is 1.01. The molecule has 0 aromatic rings. The Labute approximate surface area is 81.4 Å². The highest BCUT2D eigenvalue weighted by molar-refractivity contribution is 5.79. The van der Waals surface area contributed by atoms with Crippen LogP contribution in [-0.2, 0) is 0 Å². The van der Waals surface area contributed by atoms with Crippen LogP contribution in [-0.4, -0.2) is 57.0 Å². The van der Waals surface area contributed by atoms with Gasteiger partial charge in [0.2, 0.25) is 0 Å². The minimum absolute atomic E-state index is 0.565. The SMILES string of the molecule is CC(C[NH3+])CN=C(N(C)C)N(C)C. The third-order valence-electron chi connectivity index (χ3n) is 1.84. The van der Waals surface area contributed by atoms with E-state index in [4.69, 9.17) is 0 Å². The predicted octanol–water partition coefficient (Wildman–Crippen LogP) is -0.656. The van der Waals surface area contributed by atoms with E-state index in [1.807, 2.05) is 38.0 Å². The number of guanidine groups is 1. The summed E-state index contributed by atoms with van der Waals surface area (Å²) >= 11 is 0. The Morgan fingerprint density at radius 2 is 1.69 bits per heavy atom. The maximum Gasteiger partial charge on any atom is 0.195 e. The Kier molecular flexibility index (Phi) is 5.46. The van der Waals surface area contributed by atoms with Gasteiger partial charge in [-0.3, -0.25) is 4.99 Å². The van der Waals surface area contributed by atoms with Gasteiger partial charge in [-0.1, -0.05) is 6.92 Å². The number of nitrogens with zero attached hydrogens (tertiary/aromatic N) is 3. The molecule has 3 N–H and O–H groups in total. The van der Waals surface area contributed by atoms with Gasteiger partial charge in [0.25, 0.3) is 0 Å². The molecule has 78 valence electrons. The van der Waals surface area contributed by atoms with Crippen LogP contribution in [0.15, 0.2) is 4.99 Å². The highest BCUT2D eigenvalue weighted by Crippen LogP contribution is 1.94. The first-order valence-corrected chi connectivity index (χ1v) is 4.67. The van der Waals surface area contributed by atoms with E-state index in [2.05, 4.69) is 17.6 Å². The second-order valence-electron chi connectivity index (χ2n) is 3.82. The largest absolute Gasteiger partial charge is 0.357 e. The molecule has 0 aliphatic rings. The van der Waals surface area contributed by atoms with Crippen LogP contribution >= 0.6 is 0 Å². The summed E-state index contributed by atoms with van der Waals surface area (Å²) in [5.41, 5.74) is 3.86. The van der Waals surface area contributed by atoms with Crippen molar-refractivity contribution in [1.82, 2.24) is 9.80 Å². The third-order valence-corrected chi connectivity index (χ3v) is 1.84. The normalized spacial score (nSPS) is 12.2. The Morgan fingerprint density at radius 1 is 1.23 bits per heavy atom. The van der Waals surface area contributed by atoms with Crippen LogP contribution in [0.5, 0.6) is 0 Å². The Morgan fingerprint density at radius 3 is 2.00 bits per heavy atom. The highest BCUT2D eigenvalue weighted by atomic mass is 15.3. The molecular formula is C9H23N4+. The van der Waals surface area contributed by atoms with Gasteiger partial charge >= 0.3 is 0 Å². The van der Waals surface area contributed by atoms with Gasteiger partial charge < -0.3 is 15.5 Å². The summed E-state index contributed by atoms with van der Waals surface area (Å²) in [7, 11) is 8.03. The average Bonchev–Trinajstić information content (AvgIpc) is 2.03. The van der Waals surface area contributed by atoms with Crippen molar-refractivity contribution in [2.24, 2.45) is 10.9 Å². The first-order valence-electron chi connectivity index (χ1n) is 4.67. The quantitative estimate of drug-likeness (QED) is 0.471. The molecule has 0 aliphatic heterocycles. The number of hydrogen-bond acceptors (Lipinski definition) is 1. The molecule has 4 heteroatoms. The summed E-state index contributed by atoms with van der Waals surface area (Å²) in [5, 5.41) is 0. The van der Waals surface area contributed by atoms with E-state index >= 15 is 0 Å². The summed E-state index contributed by atoms with van der Waals surface area (Å²) in [6.07, 6.45) is 0. The van der Waals surface area contributed by atoms with Crippen LogP contribution in [0.3, 0.4) is 0 Å². The lowest BCUT2D eigenvalue weighted by Gasteiger charge is -2.23. The van der Waals surface area contributed by atoms with Crippen molar-refractivity contribution in [3.8, 4) is 0 Å². The van der Waals surface area contributed by atoms with Gasteiger partial charge in [-0.05, 0) is 0 Å². The fraction of sp³-hybridized carbons (Fsp3) is 0.889. The van der Waals surface area contributed by atoms with E-state index in [1.165, 1.54) is 0 Å². The number of quaternary nitrogens is 1. The van der Waals surface area contributed by atoms with E-state index in [0.29, 0.717) is 5.92 Å². The first-order chi connectivity index (χ1) is 5.99. The molecule has 1 unspecified atom stereocenters. The zero-order valence-electron chi connectivity index (χ0n) is 9.54. The van der Waals surface area contributed by atoms with Crippen molar-refractivity contribution in [3.63, 3.8) is 0 Å². The molecule has 0 heterocycles. The molecule has 0 saturated heterocycles. The van der Waals surface area contributed by atoms with Crippen molar-refractivity contribution < 1.29 is 5.73 Å². The molecule has 0 fully saturated rings. The summed E-state index contributed by atoms with van der Waals surface area (Å²) in [6, 6.07) is 0.